The average Bonchev–Trinajstić information content (AvgIpc) is 2.77. The van der Waals surface area contributed by atoms with Crippen LogP contribution in [-0.2, 0) is 12.8 Å². The predicted molar refractivity (Wildman–Crippen MR) is 146 cm³/mol. The second-order valence-corrected chi connectivity index (χ2v) is 13.1. The second kappa shape index (κ2) is 14.1. The van der Waals surface area contributed by atoms with Gasteiger partial charge in [-0.25, -0.2) is 0 Å². The molecule has 0 fully saturated rings. The first-order chi connectivity index (χ1) is 16.5. The molecule has 35 heavy (non-hydrogen) atoms. The minimum atomic E-state index is -0.387. The lowest BCUT2D eigenvalue weighted by Crippen LogP contribution is -2.20. The van der Waals surface area contributed by atoms with Crippen molar-refractivity contribution >= 4 is 23.5 Å². The molecule has 0 radical (unpaired) electrons. The summed E-state index contributed by atoms with van der Waals surface area (Å²) in [5, 5.41) is 18.9. The maximum atomic E-state index is 12.0. The average molecular weight is 525 g/mol. The normalized spacial score (nSPS) is 12.2. The Kier molecular flexibility index (Phi) is 11.8. The maximum absolute atomic E-state index is 12.0. The van der Waals surface area contributed by atoms with E-state index in [9.17, 15) is 19.8 Å². The summed E-state index contributed by atoms with van der Waals surface area (Å²) in [7, 11) is 0. The Morgan fingerprint density at radius 3 is 1.94 bits per heavy atom. The van der Waals surface area contributed by atoms with E-state index in [1.54, 1.807) is 0 Å². The highest BCUT2D eigenvalue weighted by atomic mass is 32.2. The summed E-state index contributed by atoms with van der Waals surface area (Å²) in [6.45, 7) is 8.67. The van der Waals surface area contributed by atoms with Gasteiger partial charge in [-0.15, -0.1) is 0 Å². The van der Waals surface area contributed by atoms with Gasteiger partial charge in [0.1, 0.15) is 18.3 Å². The molecule has 0 atom stereocenters. The summed E-state index contributed by atoms with van der Waals surface area (Å²) in [6.07, 6.45) is 10.4. The highest BCUT2D eigenvalue weighted by Crippen LogP contribution is 2.29. The molecule has 196 valence electrons. The fourth-order valence-electron chi connectivity index (χ4n) is 4.05. The zero-order valence-corrected chi connectivity index (χ0v) is 23.1. The zero-order valence-electron chi connectivity index (χ0n) is 21.4. The van der Waals surface area contributed by atoms with E-state index < -0.39 is 0 Å². The van der Waals surface area contributed by atoms with E-state index in [1.807, 2.05) is 23.5 Å². The zero-order chi connectivity index (χ0) is 25.9. The number of hydrogen-bond acceptors (Lipinski definition) is 8. The van der Waals surface area contributed by atoms with Gasteiger partial charge in [-0.1, -0.05) is 27.7 Å². The van der Waals surface area contributed by atoms with Crippen LogP contribution in [0.15, 0.2) is 43.3 Å². The van der Waals surface area contributed by atoms with Gasteiger partial charge >= 0.3 is 0 Å². The van der Waals surface area contributed by atoms with Crippen molar-refractivity contribution in [2.24, 2.45) is 10.8 Å². The molecule has 0 saturated carbocycles. The van der Waals surface area contributed by atoms with Crippen molar-refractivity contribution in [3.05, 3.63) is 56.6 Å². The topological polar surface area (TPSA) is 101 Å². The van der Waals surface area contributed by atoms with Crippen LogP contribution in [0, 0.1) is 10.8 Å². The molecule has 0 aliphatic heterocycles. The standard InChI is InChI=1S/C27H40O6S2/c1-26(2,15-20-17-32-18-24(30)25(20)31)8-5-10-34-12-7-13-35-11-6-9-27(3,4)16-21-14-22(28)23(29)19-33-21/h14,17-19,29-30H,5-13,15-16H2,1-4H3. The van der Waals surface area contributed by atoms with Gasteiger partial charge in [0.15, 0.2) is 11.5 Å². The van der Waals surface area contributed by atoms with E-state index in [1.165, 1.54) is 24.5 Å². The molecule has 2 heterocycles. The highest BCUT2D eigenvalue weighted by molar-refractivity contribution is 8.00. The second-order valence-electron chi connectivity index (χ2n) is 10.7. The van der Waals surface area contributed by atoms with Crippen molar-refractivity contribution in [1.82, 2.24) is 0 Å². The summed E-state index contributed by atoms with van der Waals surface area (Å²) in [4.78, 5) is 23.6. The quantitative estimate of drug-likeness (QED) is 0.248. The Morgan fingerprint density at radius 1 is 0.771 bits per heavy atom. The van der Waals surface area contributed by atoms with Gasteiger partial charge in [0, 0.05) is 18.1 Å². The molecule has 0 aliphatic rings. The first kappa shape index (κ1) is 29.4. The SMILES string of the molecule is CC(C)(CCCSCCCSCCCC(C)(C)Cc1cocc(O)c1=O)Cc1cc(=O)c(O)co1. The van der Waals surface area contributed by atoms with Gasteiger partial charge in [0.25, 0.3) is 0 Å². The Bertz CT molecular complexity index is 1020. The van der Waals surface area contributed by atoms with Gasteiger partial charge in [0.05, 0.1) is 6.26 Å². The van der Waals surface area contributed by atoms with Crippen LogP contribution in [0.3, 0.4) is 0 Å². The van der Waals surface area contributed by atoms with Crippen molar-refractivity contribution in [3.8, 4) is 11.5 Å². The van der Waals surface area contributed by atoms with Crippen LogP contribution in [0.25, 0.3) is 0 Å². The summed E-state index contributed by atoms with van der Waals surface area (Å²) in [5.41, 5.74) is -0.148. The van der Waals surface area contributed by atoms with E-state index in [-0.39, 0.29) is 33.2 Å². The molecule has 2 rings (SSSR count). The molecular weight excluding hydrogens is 484 g/mol. The smallest absolute Gasteiger partial charge is 0.229 e. The molecule has 8 heteroatoms. The molecule has 2 N–H and O–H groups in total. The Balaban J connectivity index is 1.50. The molecule has 0 aromatic carbocycles. The third kappa shape index (κ3) is 11.2. The van der Waals surface area contributed by atoms with Crippen molar-refractivity contribution in [2.45, 2.75) is 72.6 Å². The van der Waals surface area contributed by atoms with Crippen LogP contribution >= 0.6 is 23.5 Å². The summed E-state index contributed by atoms with van der Waals surface area (Å²) in [5.74, 6) is 4.53. The fourth-order valence-corrected chi connectivity index (χ4v) is 6.03. The van der Waals surface area contributed by atoms with Gasteiger partial charge in [-0.05, 0) is 72.4 Å². The molecular formula is C27H40O6S2. The van der Waals surface area contributed by atoms with Crippen LogP contribution in [0.4, 0.5) is 0 Å². The van der Waals surface area contributed by atoms with E-state index >= 15 is 0 Å². The van der Waals surface area contributed by atoms with Gasteiger partial charge in [-0.3, -0.25) is 9.59 Å². The minimum Gasteiger partial charge on any atom is -0.502 e. The van der Waals surface area contributed by atoms with Crippen molar-refractivity contribution in [3.63, 3.8) is 0 Å². The van der Waals surface area contributed by atoms with Crippen LogP contribution in [0.2, 0.25) is 0 Å². The molecule has 2 aromatic heterocycles. The largest absolute Gasteiger partial charge is 0.502 e. The predicted octanol–water partition coefficient (Wildman–Crippen LogP) is 6.26. The number of aromatic hydroxyl groups is 2. The maximum Gasteiger partial charge on any atom is 0.229 e. The molecule has 0 saturated heterocycles. The minimum absolute atomic E-state index is 0.0136. The molecule has 0 amide bonds. The van der Waals surface area contributed by atoms with Gasteiger partial charge in [-0.2, -0.15) is 23.5 Å². The van der Waals surface area contributed by atoms with E-state index in [0.29, 0.717) is 24.2 Å². The van der Waals surface area contributed by atoms with Crippen molar-refractivity contribution < 1.29 is 19.0 Å². The number of rotatable bonds is 16. The van der Waals surface area contributed by atoms with E-state index in [2.05, 4.69) is 27.7 Å². The molecule has 2 aromatic rings. The van der Waals surface area contributed by atoms with Crippen LogP contribution < -0.4 is 10.9 Å². The fraction of sp³-hybridized carbons (Fsp3) is 0.630. The van der Waals surface area contributed by atoms with Gasteiger partial charge in [0.2, 0.25) is 10.9 Å². The van der Waals surface area contributed by atoms with Gasteiger partial charge < -0.3 is 19.0 Å². The molecule has 0 spiro atoms. The lowest BCUT2D eigenvalue weighted by molar-refractivity contribution is 0.295. The van der Waals surface area contributed by atoms with Crippen LogP contribution in [-0.4, -0.2) is 33.2 Å². The summed E-state index contributed by atoms with van der Waals surface area (Å²) in [6, 6.07) is 1.39. The van der Waals surface area contributed by atoms with E-state index in [0.717, 1.165) is 55.5 Å². The molecule has 0 unspecified atom stereocenters. The molecule has 6 nitrogen and oxygen atoms in total. The lowest BCUT2D eigenvalue weighted by atomic mass is 9.82. The Morgan fingerprint density at radius 2 is 1.34 bits per heavy atom. The lowest BCUT2D eigenvalue weighted by Gasteiger charge is -2.24. The van der Waals surface area contributed by atoms with Crippen LogP contribution in [0.1, 0.15) is 71.1 Å². The Hall–Kier alpha value is -1.80. The van der Waals surface area contributed by atoms with Crippen LogP contribution in [0.5, 0.6) is 11.5 Å². The first-order valence-corrected chi connectivity index (χ1v) is 14.5. The summed E-state index contributed by atoms with van der Waals surface area (Å²) < 4.78 is 10.4. The van der Waals surface area contributed by atoms with Crippen molar-refractivity contribution in [1.29, 1.82) is 0 Å². The third-order valence-electron chi connectivity index (χ3n) is 5.96. The first-order valence-electron chi connectivity index (χ1n) is 12.2. The third-order valence-corrected chi connectivity index (χ3v) is 8.27. The van der Waals surface area contributed by atoms with E-state index in [4.69, 9.17) is 8.83 Å². The number of thioether (sulfide) groups is 2. The molecule has 0 aliphatic carbocycles. The van der Waals surface area contributed by atoms with Crippen molar-refractivity contribution in [2.75, 3.05) is 23.0 Å². The Labute approximate surface area is 216 Å². The summed E-state index contributed by atoms with van der Waals surface area (Å²) >= 11 is 3.99. The monoisotopic (exact) mass is 524 g/mol. The highest BCUT2D eigenvalue weighted by Gasteiger charge is 2.21. The number of hydrogen-bond donors (Lipinski definition) is 2. The molecule has 0 bridgehead atoms.